The second kappa shape index (κ2) is 1.83. The number of tetrazole rings is 2. The minimum absolute atomic E-state index is 0.241. The third-order valence-electron chi connectivity index (χ3n) is 0.838. The Hall–Kier alpha value is -1.86. The Morgan fingerprint density at radius 2 is 1.30 bits per heavy atom. The summed E-state index contributed by atoms with van der Waals surface area (Å²) in [5.74, 6) is 0.481. The quantitative estimate of drug-likeness (QED) is 0.428. The van der Waals surface area contributed by atoms with E-state index in [1.165, 1.54) is 0 Å². The van der Waals surface area contributed by atoms with Crippen LogP contribution in [-0.2, 0) is 0 Å². The largest absolute Gasteiger partial charge is 0.330 e. The maximum absolute atomic E-state index is 3.48. The van der Waals surface area contributed by atoms with Gasteiger partial charge >= 0.3 is 0 Å². The Morgan fingerprint density at radius 1 is 0.800 bits per heavy atom. The van der Waals surface area contributed by atoms with Gasteiger partial charge in [0, 0.05) is 11.6 Å². The molecule has 0 spiro atoms. The first kappa shape index (κ1) is 4.97. The fourth-order valence-electron chi connectivity index (χ4n) is 0.468. The molecule has 0 unspecified atom stereocenters. The highest BCUT2D eigenvalue weighted by atomic mass is 15.5. The molecule has 0 bridgehead atoms. The van der Waals surface area contributed by atoms with Crippen LogP contribution in [0.15, 0.2) is 0 Å². The van der Waals surface area contributed by atoms with Crippen molar-refractivity contribution in [1.29, 1.82) is 0 Å². The third-order valence-corrected chi connectivity index (χ3v) is 0.838. The highest BCUT2D eigenvalue weighted by Gasteiger charge is 1.87. The van der Waals surface area contributed by atoms with Crippen LogP contribution in [0.2, 0.25) is 0 Å². The van der Waals surface area contributed by atoms with Crippen LogP contribution in [0.4, 0.5) is 0 Å². The lowest BCUT2D eigenvalue weighted by molar-refractivity contribution is 0.871. The molecule has 0 amide bonds. The summed E-state index contributed by atoms with van der Waals surface area (Å²) >= 11 is 0. The van der Waals surface area contributed by atoms with Crippen molar-refractivity contribution >= 4 is 0 Å². The average molecular weight is 136 g/mol. The van der Waals surface area contributed by atoms with Gasteiger partial charge in [0.15, 0.2) is 0 Å². The van der Waals surface area contributed by atoms with Crippen LogP contribution in [-0.4, -0.2) is 31.1 Å². The molecule has 2 heterocycles. The predicted molar refractivity (Wildman–Crippen MR) is 25.3 cm³/mol. The highest BCUT2D eigenvalue weighted by molar-refractivity contribution is 5.36. The lowest BCUT2D eigenvalue weighted by Crippen LogP contribution is -1.87. The highest BCUT2D eigenvalue weighted by Crippen LogP contribution is 1.97. The molecule has 0 atom stereocenters. The van der Waals surface area contributed by atoms with Gasteiger partial charge in [-0.15, -0.1) is 0 Å². The van der Waals surface area contributed by atoms with Gasteiger partial charge < -0.3 is 10.2 Å². The molecular weight excluding hydrogens is 136 g/mol. The molecule has 2 rings (SSSR count). The summed E-state index contributed by atoms with van der Waals surface area (Å²) in [7, 11) is 0. The maximum atomic E-state index is 3.48. The predicted octanol–water partition coefficient (Wildman–Crippen LogP) is -2.36. The topological polar surface area (TPSA) is 106 Å². The first-order valence-corrected chi connectivity index (χ1v) is 2.34. The monoisotopic (exact) mass is 136 g/mol. The Morgan fingerprint density at radius 3 is 1.60 bits per heavy atom. The molecule has 0 aliphatic rings. The van der Waals surface area contributed by atoms with Crippen LogP contribution < -0.4 is 10.2 Å². The summed E-state index contributed by atoms with van der Waals surface area (Å²) in [6, 6.07) is 0. The first-order valence-electron chi connectivity index (χ1n) is 2.34. The summed E-state index contributed by atoms with van der Waals surface area (Å²) in [5, 5.41) is 26.9. The zero-order valence-electron chi connectivity index (χ0n) is 4.58. The fourth-order valence-corrected chi connectivity index (χ4v) is 0.468. The molecule has 0 aliphatic carbocycles. The maximum Gasteiger partial charge on any atom is 0.0467 e. The van der Waals surface area contributed by atoms with Crippen molar-refractivity contribution in [2.24, 2.45) is 0 Å². The van der Waals surface area contributed by atoms with Crippen LogP contribution in [0.5, 0.6) is 0 Å². The van der Waals surface area contributed by atoms with Gasteiger partial charge in [0.2, 0.25) is 0 Å². The van der Waals surface area contributed by atoms with Crippen molar-refractivity contribution in [1.82, 2.24) is 41.2 Å². The van der Waals surface area contributed by atoms with E-state index in [9.17, 15) is 0 Å². The molecule has 2 aromatic rings. The molecule has 0 radical (unpaired) electrons. The molecule has 50 valence electrons. The summed E-state index contributed by atoms with van der Waals surface area (Å²) in [4.78, 5) is 0. The van der Waals surface area contributed by atoms with Gasteiger partial charge in [-0.2, -0.15) is 10.4 Å². The number of aromatic nitrogens is 8. The van der Waals surface area contributed by atoms with E-state index in [2.05, 4.69) is 41.2 Å². The minimum Gasteiger partial charge on any atom is -0.330 e. The molecule has 0 fully saturated rings. The Balaban J connectivity index is 2.48. The number of hydrogen-bond acceptors (Lipinski definition) is 6. The molecule has 0 saturated heterocycles. The summed E-state index contributed by atoms with van der Waals surface area (Å²) in [6.45, 7) is 0. The van der Waals surface area contributed by atoms with Gasteiger partial charge in [0.05, 0.1) is 0 Å². The van der Waals surface area contributed by atoms with Crippen molar-refractivity contribution in [3.8, 4) is 11.6 Å². The second-order valence-corrected chi connectivity index (χ2v) is 1.40. The van der Waals surface area contributed by atoms with E-state index in [1.54, 1.807) is 0 Å². The molecule has 0 N–H and O–H groups in total. The van der Waals surface area contributed by atoms with E-state index in [1.807, 2.05) is 0 Å². The van der Waals surface area contributed by atoms with Crippen molar-refractivity contribution in [3.05, 3.63) is 0 Å². The van der Waals surface area contributed by atoms with Crippen molar-refractivity contribution < 1.29 is 0 Å². The SMILES string of the molecule is n1n[n-]c(-c2nnn[n-]2)n1. The molecule has 0 saturated carbocycles. The molecule has 10 heavy (non-hydrogen) atoms. The zero-order chi connectivity index (χ0) is 6.81. The zero-order valence-corrected chi connectivity index (χ0v) is 4.58. The van der Waals surface area contributed by atoms with Gasteiger partial charge in [0.1, 0.15) is 0 Å². The first-order chi connectivity index (χ1) is 4.97. The molecule has 8 heteroatoms. The van der Waals surface area contributed by atoms with Gasteiger partial charge in [0.25, 0.3) is 0 Å². The van der Waals surface area contributed by atoms with Crippen molar-refractivity contribution in [3.63, 3.8) is 0 Å². The van der Waals surface area contributed by atoms with Crippen LogP contribution in [0.25, 0.3) is 11.6 Å². The van der Waals surface area contributed by atoms with Gasteiger partial charge in [-0.05, 0) is 0 Å². The van der Waals surface area contributed by atoms with Gasteiger partial charge in [-0.3, -0.25) is 20.6 Å². The molecule has 0 aromatic carbocycles. The molecular formula is C2N8-2. The van der Waals surface area contributed by atoms with E-state index in [0.717, 1.165) is 0 Å². The molecule has 2 aromatic heterocycles. The van der Waals surface area contributed by atoms with Crippen LogP contribution in [0, 0.1) is 0 Å². The fraction of sp³-hybridized carbons (Fsp3) is 0. The van der Waals surface area contributed by atoms with Crippen LogP contribution in [0.3, 0.4) is 0 Å². The smallest absolute Gasteiger partial charge is 0.0467 e. The van der Waals surface area contributed by atoms with Crippen molar-refractivity contribution in [2.75, 3.05) is 0 Å². The lowest BCUT2D eigenvalue weighted by Gasteiger charge is -1.93. The summed E-state index contributed by atoms with van der Waals surface area (Å²) in [5.41, 5.74) is 0. The minimum atomic E-state index is 0.241. The van der Waals surface area contributed by atoms with Crippen LogP contribution in [0.1, 0.15) is 0 Å². The average Bonchev–Trinajstić information content (AvgIpc) is 2.59. The summed E-state index contributed by atoms with van der Waals surface area (Å²) in [6.07, 6.45) is 0. The van der Waals surface area contributed by atoms with E-state index in [4.69, 9.17) is 0 Å². The van der Waals surface area contributed by atoms with E-state index >= 15 is 0 Å². The Bertz CT molecular complexity index is 247. The number of nitrogens with zero attached hydrogens (tertiary/aromatic N) is 8. The van der Waals surface area contributed by atoms with Gasteiger partial charge in [-0.25, -0.2) is 0 Å². The van der Waals surface area contributed by atoms with Crippen LogP contribution >= 0.6 is 0 Å². The Kier molecular flexibility index (Phi) is 0.907. The molecule has 8 nitrogen and oxygen atoms in total. The normalized spacial score (nSPS) is 10.0. The third kappa shape index (κ3) is 0.623. The van der Waals surface area contributed by atoms with E-state index in [-0.39, 0.29) is 11.6 Å². The Labute approximate surface area is 54.0 Å². The standard InChI is InChI=1S/C2N8/c3-1(4-8-7-3)2-5-9-10-6-2/q-2. The lowest BCUT2D eigenvalue weighted by atomic mass is 10.6. The molecule has 0 aliphatic heterocycles. The number of hydrogen-bond donors (Lipinski definition) is 0. The van der Waals surface area contributed by atoms with E-state index < -0.39 is 0 Å². The van der Waals surface area contributed by atoms with E-state index in [0.29, 0.717) is 0 Å². The van der Waals surface area contributed by atoms with Crippen molar-refractivity contribution in [2.45, 2.75) is 0 Å². The summed E-state index contributed by atoms with van der Waals surface area (Å²) < 4.78 is 0. The van der Waals surface area contributed by atoms with Gasteiger partial charge in [-0.1, -0.05) is 0 Å². The number of rotatable bonds is 1. The second-order valence-electron chi connectivity index (χ2n) is 1.40.